The summed E-state index contributed by atoms with van der Waals surface area (Å²) in [5.74, 6) is -0.226. The van der Waals surface area contributed by atoms with Crippen LogP contribution >= 0.6 is 12.4 Å². The summed E-state index contributed by atoms with van der Waals surface area (Å²) in [5.41, 5.74) is 0.674. The molecule has 0 bridgehead atoms. The van der Waals surface area contributed by atoms with Crippen LogP contribution in [0.5, 0.6) is 11.5 Å². The summed E-state index contributed by atoms with van der Waals surface area (Å²) in [5, 5.41) is 19.1. The molecule has 0 fully saturated rings. The Morgan fingerprint density at radius 3 is 2.62 bits per heavy atom. The lowest BCUT2D eigenvalue weighted by molar-refractivity contribution is 0.408. The van der Waals surface area contributed by atoms with E-state index in [1.165, 1.54) is 6.07 Å². The number of phenolic OH excluding ortho intramolecular Hbond substituents is 2. The molecular formula is C9H8ClNO2. The van der Waals surface area contributed by atoms with Gasteiger partial charge in [-0.15, -0.1) is 12.4 Å². The Bertz CT molecular complexity index is 431. The van der Waals surface area contributed by atoms with Crippen molar-refractivity contribution >= 4 is 23.3 Å². The minimum absolute atomic E-state index is 0. The van der Waals surface area contributed by atoms with Crippen molar-refractivity contribution in [3.8, 4) is 11.5 Å². The zero-order valence-corrected chi connectivity index (χ0v) is 7.45. The molecule has 2 rings (SSSR count). The Morgan fingerprint density at radius 1 is 1.08 bits per heavy atom. The van der Waals surface area contributed by atoms with Crippen LogP contribution in [-0.4, -0.2) is 15.2 Å². The van der Waals surface area contributed by atoms with Gasteiger partial charge >= 0.3 is 0 Å². The van der Waals surface area contributed by atoms with E-state index in [1.54, 1.807) is 24.4 Å². The summed E-state index contributed by atoms with van der Waals surface area (Å²) in [6.07, 6.45) is 1.64. The molecule has 68 valence electrons. The second-order valence-electron chi connectivity index (χ2n) is 2.50. The second kappa shape index (κ2) is 3.49. The monoisotopic (exact) mass is 197 g/mol. The number of rotatable bonds is 0. The maximum atomic E-state index is 9.37. The molecule has 0 radical (unpaired) electrons. The predicted octanol–water partition coefficient (Wildman–Crippen LogP) is 2.07. The molecule has 0 atom stereocenters. The maximum absolute atomic E-state index is 9.37. The molecule has 2 aromatic rings. The number of halogens is 1. The number of hydrogen-bond donors (Lipinski definition) is 2. The first kappa shape index (κ1) is 9.61. The van der Waals surface area contributed by atoms with Gasteiger partial charge in [-0.25, -0.2) is 0 Å². The number of aromatic nitrogens is 1. The van der Waals surface area contributed by atoms with Crippen LogP contribution in [0.1, 0.15) is 0 Å². The van der Waals surface area contributed by atoms with Gasteiger partial charge in [-0.3, -0.25) is 4.98 Å². The van der Waals surface area contributed by atoms with Gasteiger partial charge in [-0.2, -0.15) is 0 Å². The first-order valence-corrected chi connectivity index (χ1v) is 3.55. The summed E-state index contributed by atoms with van der Waals surface area (Å²) in [6.45, 7) is 0. The Balaban J connectivity index is 0.000000845. The summed E-state index contributed by atoms with van der Waals surface area (Å²) in [7, 11) is 0. The van der Waals surface area contributed by atoms with E-state index in [4.69, 9.17) is 5.11 Å². The molecule has 0 unspecified atom stereocenters. The van der Waals surface area contributed by atoms with Crippen LogP contribution < -0.4 is 0 Å². The highest BCUT2D eigenvalue weighted by molar-refractivity contribution is 5.87. The van der Waals surface area contributed by atoms with E-state index < -0.39 is 0 Å². The van der Waals surface area contributed by atoms with E-state index in [2.05, 4.69) is 4.98 Å². The van der Waals surface area contributed by atoms with Crippen molar-refractivity contribution in [2.75, 3.05) is 0 Å². The van der Waals surface area contributed by atoms with Crippen molar-refractivity contribution < 1.29 is 10.2 Å². The highest BCUT2D eigenvalue weighted by atomic mass is 35.5. The van der Waals surface area contributed by atoms with Crippen molar-refractivity contribution in [2.45, 2.75) is 0 Å². The number of pyridine rings is 1. The van der Waals surface area contributed by atoms with Gasteiger partial charge in [0.25, 0.3) is 0 Å². The quantitative estimate of drug-likeness (QED) is 0.636. The van der Waals surface area contributed by atoms with Crippen LogP contribution in [0.4, 0.5) is 0 Å². The Labute approximate surface area is 81.1 Å². The molecule has 1 aromatic carbocycles. The van der Waals surface area contributed by atoms with Crippen LogP contribution in [0.2, 0.25) is 0 Å². The molecule has 2 N–H and O–H groups in total. The van der Waals surface area contributed by atoms with Crippen molar-refractivity contribution in [1.82, 2.24) is 4.98 Å². The Hall–Kier alpha value is -1.48. The number of nitrogens with zero attached hydrogens (tertiary/aromatic N) is 1. The van der Waals surface area contributed by atoms with Crippen LogP contribution in [0.3, 0.4) is 0 Å². The molecule has 3 nitrogen and oxygen atoms in total. The molecule has 0 amide bonds. The molecular weight excluding hydrogens is 190 g/mol. The van der Waals surface area contributed by atoms with E-state index >= 15 is 0 Å². The molecule has 0 aliphatic rings. The van der Waals surface area contributed by atoms with Crippen molar-refractivity contribution in [2.24, 2.45) is 0 Å². The predicted molar refractivity (Wildman–Crippen MR) is 52.3 cm³/mol. The lowest BCUT2D eigenvalue weighted by Crippen LogP contribution is -1.77. The minimum atomic E-state index is -0.115. The molecule has 1 heterocycles. The number of benzene rings is 1. The Morgan fingerprint density at radius 2 is 1.85 bits per heavy atom. The fraction of sp³-hybridized carbons (Fsp3) is 0. The number of aromatic hydroxyl groups is 2. The normalized spacial score (nSPS) is 9.54. The highest BCUT2D eigenvalue weighted by Crippen LogP contribution is 2.31. The largest absolute Gasteiger partial charge is 0.504 e. The van der Waals surface area contributed by atoms with E-state index in [0.717, 1.165) is 0 Å². The first-order chi connectivity index (χ1) is 5.79. The van der Waals surface area contributed by atoms with E-state index in [9.17, 15) is 5.11 Å². The standard InChI is InChI=1S/C9H7NO2.ClH/c11-8-4-3-7-6(9(8)12)2-1-5-10-7;/h1-5,11-12H;1H. The molecule has 1 aromatic heterocycles. The van der Waals surface area contributed by atoms with Crippen LogP contribution in [0.15, 0.2) is 30.5 Å². The third-order valence-corrected chi connectivity index (χ3v) is 1.74. The van der Waals surface area contributed by atoms with Crippen molar-refractivity contribution in [3.63, 3.8) is 0 Å². The first-order valence-electron chi connectivity index (χ1n) is 3.55. The van der Waals surface area contributed by atoms with Gasteiger partial charge in [-0.05, 0) is 24.3 Å². The third kappa shape index (κ3) is 1.51. The topological polar surface area (TPSA) is 53.4 Å². The maximum Gasteiger partial charge on any atom is 0.167 e. The molecule has 13 heavy (non-hydrogen) atoms. The van der Waals surface area contributed by atoms with Gasteiger partial charge in [0.05, 0.1) is 5.52 Å². The molecule has 0 spiro atoms. The highest BCUT2D eigenvalue weighted by Gasteiger charge is 2.03. The van der Waals surface area contributed by atoms with Gasteiger partial charge in [0.15, 0.2) is 11.5 Å². The summed E-state index contributed by atoms with van der Waals surface area (Å²) >= 11 is 0. The minimum Gasteiger partial charge on any atom is -0.504 e. The zero-order valence-electron chi connectivity index (χ0n) is 6.64. The van der Waals surface area contributed by atoms with Crippen LogP contribution in [0.25, 0.3) is 10.9 Å². The molecule has 0 aliphatic heterocycles. The number of fused-ring (bicyclic) bond motifs is 1. The van der Waals surface area contributed by atoms with Crippen molar-refractivity contribution in [3.05, 3.63) is 30.5 Å². The number of hydrogen-bond acceptors (Lipinski definition) is 3. The fourth-order valence-electron chi connectivity index (χ4n) is 1.13. The lowest BCUT2D eigenvalue weighted by Gasteiger charge is -2.00. The second-order valence-corrected chi connectivity index (χ2v) is 2.50. The van der Waals surface area contributed by atoms with Gasteiger partial charge in [0, 0.05) is 11.6 Å². The molecule has 0 saturated carbocycles. The SMILES string of the molecule is Cl.Oc1ccc2ncccc2c1O. The smallest absolute Gasteiger partial charge is 0.167 e. The zero-order chi connectivity index (χ0) is 8.55. The van der Waals surface area contributed by atoms with E-state index in [-0.39, 0.29) is 23.9 Å². The molecule has 4 heteroatoms. The molecule has 0 aliphatic carbocycles. The lowest BCUT2D eigenvalue weighted by atomic mass is 10.2. The average Bonchev–Trinajstić information content (AvgIpc) is 2.12. The van der Waals surface area contributed by atoms with Crippen molar-refractivity contribution in [1.29, 1.82) is 0 Å². The van der Waals surface area contributed by atoms with Crippen LogP contribution in [-0.2, 0) is 0 Å². The van der Waals surface area contributed by atoms with Crippen LogP contribution in [0, 0.1) is 0 Å². The van der Waals surface area contributed by atoms with E-state index in [1.807, 2.05) is 0 Å². The van der Waals surface area contributed by atoms with Gasteiger partial charge < -0.3 is 10.2 Å². The van der Waals surface area contributed by atoms with Gasteiger partial charge in [-0.1, -0.05) is 0 Å². The molecule has 0 saturated heterocycles. The summed E-state index contributed by atoms with van der Waals surface area (Å²) in [4.78, 5) is 4.01. The third-order valence-electron chi connectivity index (χ3n) is 1.74. The Kier molecular flexibility index (Phi) is 2.58. The average molecular weight is 198 g/mol. The number of phenols is 2. The fourth-order valence-corrected chi connectivity index (χ4v) is 1.13. The van der Waals surface area contributed by atoms with E-state index in [0.29, 0.717) is 10.9 Å². The summed E-state index contributed by atoms with van der Waals surface area (Å²) < 4.78 is 0. The van der Waals surface area contributed by atoms with Gasteiger partial charge in [0.1, 0.15) is 0 Å². The van der Waals surface area contributed by atoms with Gasteiger partial charge in [0.2, 0.25) is 0 Å². The summed E-state index contributed by atoms with van der Waals surface area (Å²) in [6, 6.07) is 6.49.